The number of hydrogen-bond donors (Lipinski definition) is 1. The maximum absolute atomic E-state index is 4.37. The molecule has 0 saturated carbocycles. The third kappa shape index (κ3) is 2.90. The lowest BCUT2D eigenvalue weighted by atomic mass is 10.1. The van der Waals surface area contributed by atoms with Gasteiger partial charge in [-0.3, -0.25) is 0 Å². The molecular weight excluding hydrogens is 248 g/mol. The highest BCUT2D eigenvalue weighted by Crippen LogP contribution is 2.22. The molecule has 3 rings (SSSR count). The SMILES string of the molecule is Cc1cc(C)cc(Nc2cc(N3CCCC3)ncn2)c1. The van der Waals surface area contributed by atoms with Gasteiger partial charge in [0.2, 0.25) is 0 Å². The van der Waals surface area contributed by atoms with Gasteiger partial charge in [-0.1, -0.05) is 6.07 Å². The molecule has 0 atom stereocenters. The first kappa shape index (κ1) is 12.9. The van der Waals surface area contributed by atoms with Gasteiger partial charge in [-0.15, -0.1) is 0 Å². The number of aromatic nitrogens is 2. The molecule has 1 aromatic carbocycles. The monoisotopic (exact) mass is 268 g/mol. The van der Waals surface area contributed by atoms with Gasteiger partial charge in [0.05, 0.1) is 0 Å². The zero-order chi connectivity index (χ0) is 13.9. The summed E-state index contributed by atoms with van der Waals surface area (Å²) in [5.74, 6) is 1.87. The third-order valence-electron chi connectivity index (χ3n) is 3.58. The maximum atomic E-state index is 4.37. The van der Waals surface area contributed by atoms with E-state index >= 15 is 0 Å². The summed E-state index contributed by atoms with van der Waals surface area (Å²) >= 11 is 0. The fourth-order valence-corrected chi connectivity index (χ4v) is 2.73. The number of rotatable bonds is 3. The van der Waals surface area contributed by atoms with Gasteiger partial charge >= 0.3 is 0 Å². The third-order valence-corrected chi connectivity index (χ3v) is 3.58. The van der Waals surface area contributed by atoms with Crippen molar-refractivity contribution in [2.45, 2.75) is 26.7 Å². The summed E-state index contributed by atoms with van der Waals surface area (Å²) in [6.07, 6.45) is 4.15. The van der Waals surface area contributed by atoms with Crippen molar-refractivity contribution in [1.29, 1.82) is 0 Å². The van der Waals surface area contributed by atoms with Crippen LogP contribution in [0.3, 0.4) is 0 Å². The van der Waals surface area contributed by atoms with Crippen molar-refractivity contribution >= 4 is 17.3 Å². The maximum Gasteiger partial charge on any atom is 0.135 e. The van der Waals surface area contributed by atoms with Crippen LogP contribution in [0.5, 0.6) is 0 Å². The van der Waals surface area contributed by atoms with E-state index in [1.807, 2.05) is 6.07 Å². The molecule has 1 aliphatic heterocycles. The van der Waals surface area contributed by atoms with E-state index < -0.39 is 0 Å². The standard InChI is InChI=1S/C16H20N4/c1-12-7-13(2)9-14(8-12)19-15-10-16(18-11-17-15)20-5-3-4-6-20/h7-11H,3-6H2,1-2H3,(H,17,18,19). The Hall–Kier alpha value is -2.10. The molecule has 0 radical (unpaired) electrons. The largest absolute Gasteiger partial charge is 0.356 e. The van der Waals surface area contributed by atoms with E-state index in [9.17, 15) is 0 Å². The lowest BCUT2D eigenvalue weighted by Gasteiger charge is -2.16. The molecule has 104 valence electrons. The van der Waals surface area contributed by atoms with E-state index in [4.69, 9.17) is 0 Å². The van der Waals surface area contributed by atoms with Gasteiger partial charge in [-0.25, -0.2) is 9.97 Å². The van der Waals surface area contributed by atoms with E-state index in [0.717, 1.165) is 30.4 Å². The molecule has 2 heterocycles. The highest BCUT2D eigenvalue weighted by atomic mass is 15.2. The van der Waals surface area contributed by atoms with Crippen molar-refractivity contribution in [3.05, 3.63) is 41.7 Å². The van der Waals surface area contributed by atoms with E-state index in [0.29, 0.717) is 0 Å². The Morgan fingerprint density at radius 1 is 0.950 bits per heavy atom. The smallest absolute Gasteiger partial charge is 0.135 e. The second-order valence-corrected chi connectivity index (χ2v) is 5.46. The average Bonchev–Trinajstić information content (AvgIpc) is 2.91. The molecule has 1 fully saturated rings. The Kier molecular flexibility index (Phi) is 3.54. The zero-order valence-electron chi connectivity index (χ0n) is 12.1. The van der Waals surface area contributed by atoms with E-state index in [-0.39, 0.29) is 0 Å². The molecule has 4 heteroatoms. The van der Waals surface area contributed by atoms with Crippen LogP contribution in [0.15, 0.2) is 30.6 Å². The van der Waals surface area contributed by atoms with Crippen molar-refractivity contribution in [3.8, 4) is 0 Å². The van der Waals surface area contributed by atoms with E-state index in [1.54, 1.807) is 6.33 Å². The normalized spacial score (nSPS) is 14.6. The predicted molar refractivity (Wildman–Crippen MR) is 82.7 cm³/mol. The molecule has 0 bridgehead atoms. The summed E-state index contributed by atoms with van der Waals surface area (Å²) in [5, 5.41) is 3.37. The predicted octanol–water partition coefficient (Wildman–Crippen LogP) is 3.44. The average molecular weight is 268 g/mol. The molecule has 4 nitrogen and oxygen atoms in total. The minimum Gasteiger partial charge on any atom is -0.356 e. The number of nitrogens with one attached hydrogen (secondary N) is 1. The number of nitrogens with zero attached hydrogens (tertiary/aromatic N) is 3. The summed E-state index contributed by atoms with van der Waals surface area (Å²) < 4.78 is 0. The summed E-state index contributed by atoms with van der Waals surface area (Å²) in [5.41, 5.74) is 3.58. The van der Waals surface area contributed by atoms with Gasteiger partial charge in [0.25, 0.3) is 0 Å². The number of benzene rings is 1. The van der Waals surface area contributed by atoms with Crippen LogP contribution < -0.4 is 10.2 Å². The molecule has 0 amide bonds. The summed E-state index contributed by atoms with van der Waals surface area (Å²) in [6, 6.07) is 8.46. The van der Waals surface area contributed by atoms with Crippen LogP contribution in [0.25, 0.3) is 0 Å². The van der Waals surface area contributed by atoms with Gasteiger partial charge in [0.1, 0.15) is 18.0 Å². The van der Waals surface area contributed by atoms with E-state index in [2.05, 4.69) is 52.2 Å². The summed E-state index contributed by atoms with van der Waals surface area (Å²) in [6.45, 7) is 6.40. The molecule has 2 aromatic rings. The van der Waals surface area contributed by atoms with Gasteiger partial charge < -0.3 is 10.2 Å². The number of anilines is 3. The Labute approximate surface area is 119 Å². The van der Waals surface area contributed by atoms with Crippen LogP contribution in [0.2, 0.25) is 0 Å². The molecule has 20 heavy (non-hydrogen) atoms. The van der Waals surface area contributed by atoms with Gasteiger partial charge in [-0.05, 0) is 49.9 Å². The fraction of sp³-hybridized carbons (Fsp3) is 0.375. The van der Waals surface area contributed by atoms with Gasteiger partial charge in [-0.2, -0.15) is 0 Å². The Bertz CT molecular complexity index is 583. The van der Waals surface area contributed by atoms with Gasteiger partial charge in [0.15, 0.2) is 0 Å². The first-order valence-corrected chi connectivity index (χ1v) is 7.13. The van der Waals surface area contributed by atoms with Crippen molar-refractivity contribution < 1.29 is 0 Å². The van der Waals surface area contributed by atoms with Crippen LogP contribution >= 0.6 is 0 Å². The van der Waals surface area contributed by atoms with Crippen molar-refractivity contribution in [2.75, 3.05) is 23.3 Å². The molecule has 1 saturated heterocycles. The molecule has 1 aliphatic rings. The molecule has 0 unspecified atom stereocenters. The molecule has 0 spiro atoms. The molecule has 1 N–H and O–H groups in total. The first-order chi connectivity index (χ1) is 9.70. The van der Waals surface area contributed by atoms with Crippen molar-refractivity contribution in [2.24, 2.45) is 0 Å². The molecule has 0 aliphatic carbocycles. The highest BCUT2D eigenvalue weighted by molar-refractivity contribution is 5.61. The fourth-order valence-electron chi connectivity index (χ4n) is 2.73. The second kappa shape index (κ2) is 5.49. The van der Waals surface area contributed by atoms with Crippen molar-refractivity contribution in [3.63, 3.8) is 0 Å². The van der Waals surface area contributed by atoms with Crippen LogP contribution in [0.1, 0.15) is 24.0 Å². The van der Waals surface area contributed by atoms with E-state index in [1.165, 1.54) is 24.0 Å². The van der Waals surface area contributed by atoms with Gasteiger partial charge in [0, 0.05) is 24.8 Å². The molecule has 1 aromatic heterocycles. The highest BCUT2D eigenvalue weighted by Gasteiger charge is 2.14. The summed E-state index contributed by atoms with van der Waals surface area (Å²) in [7, 11) is 0. The Morgan fingerprint density at radius 2 is 1.65 bits per heavy atom. The number of hydrogen-bond acceptors (Lipinski definition) is 4. The minimum atomic E-state index is 0.854. The Morgan fingerprint density at radius 3 is 2.35 bits per heavy atom. The zero-order valence-corrected chi connectivity index (χ0v) is 12.1. The quantitative estimate of drug-likeness (QED) is 0.926. The lowest BCUT2D eigenvalue weighted by Crippen LogP contribution is -2.19. The Balaban J connectivity index is 1.81. The molecular formula is C16H20N4. The first-order valence-electron chi connectivity index (χ1n) is 7.13. The number of aryl methyl sites for hydroxylation is 2. The summed E-state index contributed by atoms with van der Waals surface area (Å²) in [4.78, 5) is 11.0. The van der Waals surface area contributed by atoms with Crippen LogP contribution in [-0.4, -0.2) is 23.1 Å². The topological polar surface area (TPSA) is 41.0 Å². The van der Waals surface area contributed by atoms with Crippen LogP contribution in [0.4, 0.5) is 17.3 Å². The van der Waals surface area contributed by atoms with Crippen LogP contribution in [-0.2, 0) is 0 Å². The van der Waals surface area contributed by atoms with Crippen LogP contribution in [0, 0.1) is 13.8 Å². The second-order valence-electron chi connectivity index (χ2n) is 5.46. The minimum absolute atomic E-state index is 0.854. The van der Waals surface area contributed by atoms with Crippen molar-refractivity contribution in [1.82, 2.24) is 9.97 Å². The lowest BCUT2D eigenvalue weighted by molar-refractivity contribution is 0.928.